The molecule has 0 spiro atoms. The monoisotopic (exact) mass is 699 g/mol. The third-order valence-corrected chi connectivity index (χ3v) is 11.1. The molecule has 3 aromatic heterocycles. The summed E-state index contributed by atoms with van der Waals surface area (Å²) < 4.78 is 6.90. The van der Waals surface area contributed by atoms with Crippen molar-refractivity contribution in [2.45, 2.75) is 0 Å². The summed E-state index contributed by atoms with van der Waals surface area (Å²) in [5, 5.41) is 17.6. The van der Waals surface area contributed by atoms with Crippen LogP contribution in [0.15, 0.2) is 176 Å². The van der Waals surface area contributed by atoms with Crippen LogP contribution in [-0.4, -0.2) is 13.7 Å². The standard InChI is InChI=1S/C50H29N5/c1-52-33-25-28-47-41(30-33)50-48(54-45-21-10-5-16-39(45)40-17-6-11-22-46(40)54)23-12-24-49(50)55(47)44-20-9-2-13-36(44)35-27-26-34(29-32(35)31-51)53-42-18-7-3-14-37(42)38-15-4-8-19-43(38)53/h2-30H. The molecule has 11 aromatic rings. The SMILES string of the molecule is [C-]#[N+]c1ccc2c(c1)c1c(-n3c4ccccc4c4ccccc43)cccc1n2-c1ccccc1-c1ccc(-n2c3ccccc3c3ccccc32)cc1C#N. The molecule has 11 rings (SSSR count). The van der Waals surface area contributed by atoms with Gasteiger partial charge < -0.3 is 13.7 Å². The lowest BCUT2D eigenvalue weighted by atomic mass is 9.97. The molecule has 5 heteroatoms. The Bertz CT molecular complexity index is 3360. The number of para-hydroxylation sites is 5. The van der Waals surface area contributed by atoms with E-state index >= 15 is 0 Å². The molecule has 0 radical (unpaired) electrons. The van der Waals surface area contributed by atoms with Crippen LogP contribution in [0.25, 0.3) is 98.5 Å². The van der Waals surface area contributed by atoms with Crippen LogP contribution in [0.3, 0.4) is 0 Å². The second-order valence-electron chi connectivity index (χ2n) is 13.9. The molecule has 0 atom stereocenters. The first-order valence-corrected chi connectivity index (χ1v) is 18.3. The van der Waals surface area contributed by atoms with E-state index in [1.54, 1.807) is 0 Å². The number of benzene rings is 8. The van der Waals surface area contributed by atoms with Gasteiger partial charge in [0, 0.05) is 43.7 Å². The molecule has 254 valence electrons. The maximum absolute atomic E-state index is 10.8. The third-order valence-electron chi connectivity index (χ3n) is 11.1. The molecule has 0 unspecified atom stereocenters. The second-order valence-corrected chi connectivity index (χ2v) is 13.9. The summed E-state index contributed by atoms with van der Waals surface area (Å²) in [5.41, 5.74) is 12.4. The predicted molar refractivity (Wildman–Crippen MR) is 226 cm³/mol. The minimum absolute atomic E-state index is 0.587. The van der Waals surface area contributed by atoms with Gasteiger partial charge in [0.15, 0.2) is 5.69 Å². The van der Waals surface area contributed by atoms with E-state index < -0.39 is 0 Å². The average molecular weight is 700 g/mol. The molecule has 0 saturated carbocycles. The average Bonchev–Trinajstić information content (AvgIpc) is 3.89. The third kappa shape index (κ3) is 4.39. The Kier molecular flexibility index (Phi) is 6.61. The van der Waals surface area contributed by atoms with E-state index in [0.717, 1.165) is 72.1 Å². The Hall–Kier alpha value is -7.86. The number of aromatic nitrogens is 3. The van der Waals surface area contributed by atoms with E-state index in [1.807, 2.05) is 24.3 Å². The lowest BCUT2D eigenvalue weighted by Crippen LogP contribution is -2.00. The van der Waals surface area contributed by atoms with Gasteiger partial charge in [0.25, 0.3) is 0 Å². The van der Waals surface area contributed by atoms with Crippen molar-refractivity contribution in [3.8, 4) is 34.3 Å². The molecule has 5 nitrogen and oxygen atoms in total. The van der Waals surface area contributed by atoms with Gasteiger partial charge in [-0.1, -0.05) is 109 Å². The van der Waals surface area contributed by atoms with Gasteiger partial charge in [-0.05, 0) is 72.1 Å². The van der Waals surface area contributed by atoms with E-state index in [2.05, 4.69) is 176 Å². The number of fused-ring (bicyclic) bond motifs is 9. The van der Waals surface area contributed by atoms with Crippen LogP contribution in [0.2, 0.25) is 0 Å². The molecule has 0 bridgehead atoms. The molecule has 0 aliphatic carbocycles. The smallest absolute Gasteiger partial charge is 0.188 e. The summed E-state index contributed by atoms with van der Waals surface area (Å²) in [6.45, 7) is 7.94. The van der Waals surface area contributed by atoms with Gasteiger partial charge in [0.2, 0.25) is 0 Å². The van der Waals surface area contributed by atoms with Crippen LogP contribution in [0.4, 0.5) is 5.69 Å². The van der Waals surface area contributed by atoms with Crippen molar-refractivity contribution < 1.29 is 0 Å². The zero-order valence-corrected chi connectivity index (χ0v) is 29.5. The molecule has 0 fully saturated rings. The summed E-state index contributed by atoms with van der Waals surface area (Å²) in [5.74, 6) is 0. The highest BCUT2D eigenvalue weighted by molar-refractivity contribution is 6.17. The molecule has 8 aromatic carbocycles. The van der Waals surface area contributed by atoms with Crippen molar-refractivity contribution in [3.05, 3.63) is 193 Å². The number of nitrogens with zero attached hydrogens (tertiary/aromatic N) is 5. The first-order valence-electron chi connectivity index (χ1n) is 18.3. The zero-order chi connectivity index (χ0) is 36.6. The minimum Gasteiger partial charge on any atom is -0.309 e. The number of hydrogen-bond acceptors (Lipinski definition) is 1. The Balaban J connectivity index is 1.17. The summed E-state index contributed by atoms with van der Waals surface area (Å²) in [6, 6.07) is 63.5. The van der Waals surface area contributed by atoms with E-state index in [9.17, 15) is 5.26 Å². The molecule has 0 aliphatic rings. The summed E-state index contributed by atoms with van der Waals surface area (Å²) >= 11 is 0. The van der Waals surface area contributed by atoms with Crippen LogP contribution < -0.4 is 0 Å². The van der Waals surface area contributed by atoms with Gasteiger partial charge in [-0.15, -0.1) is 0 Å². The summed E-state index contributed by atoms with van der Waals surface area (Å²) in [4.78, 5) is 3.85. The first kappa shape index (κ1) is 30.7. The summed E-state index contributed by atoms with van der Waals surface area (Å²) in [6.07, 6.45) is 0. The van der Waals surface area contributed by atoms with Crippen LogP contribution >= 0.6 is 0 Å². The van der Waals surface area contributed by atoms with Crippen molar-refractivity contribution >= 4 is 71.1 Å². The Morgan fingerprint density at radius 1 is 0.418 bits per heavy atom. The normalized spacial score (nSPS) is 11.6. The minimum atomic E-state index is 0.587. The highest BCUT2D eigenvalue weighted by Crippen LogP contribution is 2.43. The van der Waals surface area contributed by atoms with E-state index in [-0.39, 0.29) is 0 Å². The number of hydrogen-bond donors (Lipinski definition) is 0. The van der Waals surface area contributed by atoms with Crippen molar-refractivity contribution in [3.63, 3.8) is 0 Å². The molecule has 0 N–H and O–H groups in total. The molecular formula is C50H29N5. The molecule has 0 aliphatic heterocycles. The zero-order valence-electron chi connectivity index (χ0n) is 29.5. The van der Waals surface area contributed by atoms with Crippen molar-refractivity contribution in [2.24, 2.45) is 0 Å². The highest BCUT2D eigenvalue weighted by atomic mass is 15.0. The van der Waals surface area contributed by atoms with Gasteiger partial charge in [0.05, 0.1) is 62.7 Å². The van der Waals surface area contributed by atoms with Gasteiger partial charge in [-0.25, -0.2) is 4.85 Å². The lowest BCUT2D eigenvalue weighted by Gasteiger charge is -2.16. The van der Waals surface area contributed by atoms with E-state index in [0.29, 0.717) is 11.3 Å². The van der Waals surface area contributed by atoms with Crippen molar-refractivity contribution in [1.29, 1.82) is 5.26 Å². The fraction of sp³-hybridized carbons (Fsp3) is 0. The van der Waals surface area contributed by atoms with Crippen molar-refractivity contribution in [2.75, 3.05) is 0 Å². The van der Waals surface area contributed by atoms with Crippen LogP contribution in [-0.2, 0) is 0 Å². The fourth-order valence-corrected chi connectivity index (χ4v) is 8.83. The van der Waals surface area contributed by atoms with Gasteiger partial charge in [-0.2, -0.15) is 5.26 Å². The maximum Gasteiger partial charge on any atom is 0.188 e. The van der Waals surface area contributed by atoms with E-state index in [4.69, 9.17) is 6.57 Å². The molecule has 0 saturated heterocycles. The molecule has 55 heavy (non-hydrogen) atoms. The predicted octanol–water partition coefficient (Wildman–Crippen LogP) is 13.1. The Labute approximate surface area is 316 Å². The molecule has 0 amide bonds. The first-order chi connectivity index (χ1) is 27.2. The Morgan fingerprint density at radius 3 is 1.55 bits per heavy atom. The summed E-state index contributed by atoms with van der Waals surface area (Å²) in [7, 11) is 0. The fourth-order valence-electron chi connectivity index (χ4n) is 8.83. The second kappa shape index (κ2) is 11.8. The number of rotatable bonds is 4. The number of nitriles is 1. The van der Waals surface area contributed by atoms with Gasteiger partial charge in [0.1, 0.15) is 0 Å². The molecule has 3 heterocycles. The van der Waals surface area contributed by atoms with E-state index in [1.165, 1.54) is 21.5 Å². The largest absolute Gasteiger partial charge is 0.309 e. The van der Waals surface area contributed by atoms with Crippen LogP contribution in [0.1, 0.15) is 5.56 Å². The quantitative estimate of drug-likeness (QED) is 0.169. The van der Waals surface area contributed by atoms with Crippen molar-refractivity contribution in [1.82, 2.24) is 13.7 Å². The van der Waals surface area contributed by atoms with Crippen LogP contribution in [0.5, 0.6) is 0 Å². The van der Waals surface area contributed by atoms with Crippen LogP contribution in [0, 0.1) is 17.9 Å². The Morgan fingerprint density at radius 2 is 0.927 bits per heavy atom. The van der Waals surface area contributed by atoms with Gasteiger partial charge >= 0.3 is 0 Å². The lowest BCUT2D eigenvalue weighted by molar-refractivity contribution is 1.16. The maximum atomic E-state index is 10.8. The molecular weight excluding hydrogens is 671 g/mol. The highest BCUT2D eigenvalue weighted by Gasteiger charge is 2.22. The topological polar surface area (TPSA) is 42.9 Å². The van der Waals surface area contributed by atoms with Gasteiger partial charge in [-0.3, -0.25) is 0 Å².